The molecule has 5 heteroatoms. The van der Waals surface area contributed by atoms with Crippen LogP contribution >= 0.6 is 12.2 Å². The van der Waals surface area contributed by atoms with Crippen LogP contribution in [0.5, 0.6) is 0 Å². The molecule has 0 aromatic heterocycles. The molecule has 0 unspecified atom stereocenters. The van der Waals surface area contributed by atoms with Crippen LogP contribution in [-0.2, 0) is 4.79 Å². The number of nitrogens with one attached hydrogen (secondary N) is 2. The van der Waals surface area contributed by atoms with Gasteiger partial charge in [0.1, 0.15) is 0 Å². The van der Waals surface area contributed by atoms with Crippen molar-refractivity contribution in [3.05, 3.63) is 29.8 Å². The Kier molecular flexibility index (Phi) is 4.52. The number of anilines is 1. The Bertz CT molecular complexity index is 539. The zero-order chi connectivity index (χ0) is 15.6. The van der Waals surface area contributed by atoms with Crippen molar-refractivity contribution in [2.45, 2.75) is 45.7 Å². The van der Waals surface area contributed by atoms with E-state index in [1.54, 1.807) is 0 Å². The molecule has 1 amide bonds. The van der Waals surface area contributed by atoms with Gasteiger partial charge in [-0.1, -0.05) is 17.7 Å². The predicted molar refractivity (Wildman–Crippen MR) is 90.4 cm³/mol. The molecule has 1 saturated heterocycles. The number of carbonyl (C=O) groups is 1. The van der Waals surface area contributed by atoms with E-state index in [1.807, 2.05) is 36.1 Å². The predicted octanol–water partition coefficient (Wildman–Crippen LogP) is 2.68. The van der Waals surface area contributed by atoms with Gasteiger partial charge >= 0.3 is 0 Å². The van der Waals surface area contributed by atoms with Gasteiger partial charge in [0.05, 0.1) is 6.54 Å². The zero-order valence-electron chi connectivity index (χ0n) is 13.1. The minimum atomic E-state index is -0.0467. The van der Waals surface area contributed by atoms with Crippen LogP contribution in [0.1, 0.15) is 32.8 Å². The fraction of sp³-hybridized carbons (Fsp3) is 0.500. The first-order valence-electron chi connectivity index (χ1n) is 7.22. The third kappa shape index (κ3) is 4.17. The maximum atomic E-state index is 12.2. The van der Waals surface area contributed by atoms with Crippen LogP contribution in [0.2, 0.25) is 0 Å². The van der Waals surface area contributed by atoms with Gasteiger partial charge in [0.2, 0.25) is 5.91 Å². The molecule has 1 heterocycles. The fourth-order valence-electron chi connectivity index (χ4n) is 2.68. The first-order valence-corrected chi connectivity index (χ1v) is 7.63. The maximum Gasteiger partial charge on any atom is 0.243 e. The highest BCUT2D eigenvalue weighted by Crippen LogP contribution is 2.21. The largest absolute Gasteiger partial charge is 0.358 e. The molecule has 0 radical (unpaired) electrons. The van der Waals surface area contributed by atoms with Crippen molar-refractivity contribution in [1.29, 1.82) is 0 Å². The van der Waals surface area contributed by atoms with Gasteiger partial charge < -0.3 is 15.5 Å². The first kappa shape index (κ1) is 15.8. The normalized spacial score (nSPS) is 20.9. The van der Waals surface area contributed by atoms with E-state index >= 15 is 0 Å². The number of amides is 1. The molecule has 2 rings (SSSR count). The lowest BCUT2D eigenvalue weighted by Crippen LogP contribution is -2.61. The highest BCUT2D eigenvalue weighted by molar-refractivity contribution is 7.80. The van der Waals surface area contributed by atoms with Crippen molar-refractivity contribution in [2.75, 3.05) is 11.9 Å². The first-order chi connectivity index (χ1) is 9.77. The van der Waals surface area contributed by atoms with Crippen molar-refractivity contribution in [2.24, 2.45) is 0 Å². The molecule has 1 aliphatic heterocycles. The molecule has 0 spiro atoms. The van der Waals surface area contributed by atoms with E-state index < -0.39 is 0 Å². The average molecular weight is 305 g/mol. The highest BCUT2D eigenvalue weighted by Gasteiger charge is 2.33. The molecular formula is C16H23N3OS. The number of nitrogens with zero attached hydrogens (tertiary/aromatic N) is 1. The molecule has 0 saturated carbocycles. The molecule has 0 aliphatic carbocycles. The minimum absolute atomic E-state index is 0.0135. The number of hydrogen-bond acceptors (Lipinski definition) is 2. The number of benzene rings is 1. The molecule has 1 fully saturated rings. The van der Waals surface area contributed by atoms with Gasteiger partial charge in [-0.05, 0) is 58.5 Å². The summed E-state index contributed by atoms with van der Waals surface area (Å²) in [6.07, 6.45) is 0.949. The molecule has 4 nitrogen and oxygen atoms in total. The maximum absolute atomic E-state index is 12.2. The lowest BCUT2D eigenvalue weighted by Gasteiger charge is -2.44. The van der Waals surface area contributed by atoms with E-state index in [0.29, 0.717) is 5.11 Å². The number of hydrogen-bond donors (Lipinski definition) is 2. The molecule has 2 N–H and O–H groups in total. The lowest BCUT2D eigenvalue weighted by atomic mass is 9.93. The third-order valence-corrected chi connectivity index (χ3v) is 4.03. The van der Waals surface area contributed by atoms with Crippen LogP contribution in [-0.4, -0.2) is 34.0 Å². The summed E-state index contributed by atoms with van der Waals surface area (Å²) in [5, 5.41) is 6.85. The Morgan fingerprint density at radius 3 is 2.62 bits per heavy atom. The second-order valence-corrected chi connectivity index (χ2v) is 6.80. The summed E-state index contributed by atoms with van der Waals surface area (Å²) in [7, 11) is 0. The van der Waals surface area contributed by atoms with Crippen molar-refractivity contribution in [1.82, 2.24) is 10.2 Å². The topological polar surface area (TPSA) is 44.4 Å². The van der Waals surface area contributed by atoms with Crippen LogP contribution < -0.4 is 10.6 Å². The standard InChI is InChI=1S/C16H23N3OS/c1-11-5-7-13(8-6-11)17-14(20)10-19-12(2)9-16(3,4)18-15(19)21/h5-8,12H,9-10H2,1-4H3,(H,17,20)(H,18,21)/t12-/m0/s1. The monoisotopic (exact) mass is 305 g/mol. The fourth-order valence-corrected chi connectivity index (χ4v) is 3.20. The Hall–Kier alpha value is -1.62. The summed E-state index contributed by atoms with van der Waals surface area (Å²) in [6, 6.07) is 8.03. The summed E-state index contributed by atoms with van der Waals surface area (Å²) >= 11 is 5.39. The SMILES string of the molecule is Cc1ccc(NC(=O)CN2C(=S)NC(C)(C)C[C@@H]2C)cc1. The van der Waals surface area contributed by atoms with E-state index in [0.717, 1.165) is 12.1 Å². The molecule has 0 bridgehead atoms. The van der Waals surface area contributed by atoms with Crippen molar-refractivity contribution >= 4 is 28.9 Å². The number of carbonyl (C=O) groups excluding carboxylic acids is 1. The van der Waals surface area contributed by atoms with Gasteiger partial charge in [-0.3, -0.25) is 4.79 Å². The minimum Gasteiger partial charge on any atom is -0.358 e. The summed E-state index contributed by atoms with van der Waals surface area (Å²) in [6.45, 7) is 8.65. The molecule has 1 atom stereocenters. The van der Waals surface area contributed by atoms with E-state index in [9.17, 15) is 4.79 Å². The van der Waals surface area contributed by atoms with Crippen molar-refractivity contribution < 1.29 is 4.79 Å². The number of thiocarbonyl (C=S) groups is 1. The van der Waals surface area contributed by atoms with Crippen LogP contribution in [0.15, 0.2) is 24.3 Å². The van der Waals surface area contributed by atoms with Gasteiger partial charge in [0.15, 0.2) is 5.11 Å². The number of aryl methyl sites for hydroxylation is 1. The van der Waals surface area contributed by atoms with Crippen LogP contribution in [0.3, 0.4) is 0 Å². The van der Waals surface area contributed by atoms with Gasteiger partial charge in [0.25, 0.3) is 0 Å². The van der Waals surface area contributed by atoms with Crippen LogP contribution in [0.25, 0.3) is 0 Å². The molecule has 114 valence electrons. The molecular weight excluding hydrogens is 282 g/mol. The van der Waals surface area contributed by atoms with Crippen LogP contribution in [0, 0.1) is 6.92 Å². The second kappa shape index (κ2) is 6.02. The van der Waals surface area contributed by atoms with Gasteiger partial charge in [-0.25, -0.2) is 0 Å². The molecule has 21 heavy (non-hydrogen) atoms. The molecule has 1 aromatic carbocycles. The van der Waals surface area contributed by atoms with E-state index in [1.165, 1.54) is 5.56 Å². The van der Waals surface area contributed by atoms with Crippen molar-refractivity contribution in [3.8, 4) is 0 Å². The Balaban J connectivity index is 1.96. The van der Waals surface area contributed by atoms with Crippen LogP contribution in [0.4, 0.5) is 5.69 Å². The smallest absolute Gasteiger partial charge is 0.243 e. The third-order valence-electron chi connectivity index (χ3n) is 3.69. The summed E-state index contributed by atoms with van der Waals surface area (Å²) in [5.41, 5.74) is 1.97. The Morgan fingerprint density at radius 2 is 2.05 bits per heavy atom. The Labute approximate surface area is 131 Å². The molecule has 1 aromatic rings. The number of rotatable bonds is 3. The molecule has 1 aliphatic rings. The van der Waals surface area contributed by atoms with E-state index in [4.69, 9.17) is 12.2 Å². The van der Waals surface area contributed by atoms with E-state index in [-0.39, 0.29) is 24.0 Å². The summed E-state index contributed by atoms with van der Waals surface area (Å²) in [5.74, 6) is -0.0467. The average Bonchev–Trinajstić information content (AvgIpc) is 2.36. The highest BCUT2D eigenvalue weighted by atomic mass is 32.1. The lowest BCUT2D eigenvalue weighted by molar-refractivity contribution is -0.117. The second-order valence-electron chi connectivity index (χ2n) is 6.41. The van der Waals surface area contributed by atoms with Crippen molar-refractivity contribution in [3.63, 3.8) is 0 Å². The van der Waals surface area contributed by atoms with Gasteiger partial charge in [-0.15, -0.1) is 0 Å². The summed E-state index contributed by atoms with van der Waals surface area (Å²) in [4.78, 5) is 14.1. The zero-order valence-corrected chi connectivity index (χ0v) is 13.9. The van der Waals surface area contributed by atoms with Gasteiger partial charge in [0, 0.05) is 17.3 Å². The quantitative estimate of drug-likeness (QED) is 0.843. The Morgan fingerprint density at radius 1 is 1.43 bits per heavy atom. The van der Waals surface area contributed by atoms with Gasteiger partial charge in [-0.2, -0.15) is 0 Å². The van der Waals surface area contributed by atoms with E-state index in [2.05, 4.69) is 31.4 Å². The summed E-state index contributed by atoms with van der Waals surface area (Å²) < 4.78 is 0.